The molecule has 2 aliphatic rings. The van der Waals surface area contributed by atoms with Gasteiger partial charge in [-0.3, -0.25) is 0 Å². The molecule has 5 nitrogen and oxygen atoms in total. The molecule has 0 radical (unpaired) electrons. The number of hydrogen-bond donors (Lipinski definition) is 1. The average molecular weight is 383 g/mol. The van der Waals surface area contributed by atoms with Gasteiger partial charge in [0.05, 0.1) is 12.8 Å². The van der Waals surface area contributed by atoms with Crippen molar-refractivity contribution < 1.29 is 14.2 Å². The minimum atomic E-state index is 0.0611. The number of ether oxygens (including phenoxy) is 3. The van der Waals surface area contributed by atoms with Gasteiger partial charge in [0.15, 0.2) is 11.5 Å². The zero-order chi connectivity index (χ0) is 19.3. The van der Waals surface area contributed by atoms with Gasteiger partial charge >= 0.3 is 0 Å². The van der Waals surface area contributed by atoms with Crippen LogP contribution in [0.2, 0.25) is 0 Å². The molecule has 1 saturated heterocycles. The molecule has 2 aliphatic heterocycles. The van der Waals surface area contributed by atoms with Gasteiger partial charge in [0.2, 0.25) is 0 Å². The number of hydrogen-bond acceptors (Lipinski definition) is 5. The Kier molecular flexibility index (Phi) is 5.91. The van der Waals surface area contributed by atoms with Gasteiger partial charge < -0.3 is 24.4 Å². The van der Waals surface area contributed by atoms with Gasteiger partial charge in [-0.05, 0) is 49.9 Å². The summed E-state index contributed by atoms with van der Waals surface area (Å²) in [5, 5.41) is 3.68. The molecule has 28 heavy (non-hydrogen) atoms. The predicted octanol–water partition coefficient (Wildman–Crippen LogP) is 3.73. The van der Waals surface area contributed by atoms with Crippen LogP contribution in [-0.4, -0.2) is 45.5 Å². The SMILES string of the molecule is COc1ccccc1N1CCC(C(C)NC[C@@H]2COc3ccccc3O2)CC1. The van der Waals surface area contributed by atoms with Crippen molar-refractivity contribution in [3.05, 3.63) is 48.5 Å². The summed E-state index contributed by atoms with van der Waals surface area (Å²) in [5.41, 5.74) is 1.20. The molecular weight excluding hydrogens is 352 g/mol. The van der Waals surface area contributed by atoms with E-state index in [9.17, 15) is 0 Å². The molecule has 0 spiro atoms. The third-order valence-electron chi connectivity index (χ3n) is 5.91. The second-order valence-corrected chi connectivity index (χ2v) is 7.69. The summed E-state index contributed by atoms with van der Waals surface area (Å²) in [7, 11) is 1.74. The lowest BCUT2D eigenvalue weighted by Crippen LogP contribution is -2.46. The highest BCUT2D eigenvalue weighted by Crippen LogP contribution is 2.33. The van der Waals surface area contributed by atoms with Crippen LogP contribution in [0.15, 0.2) is 48.5 Å². The van der Waals surface area contributed by atoms with Crippen molar-refractivity contribution in [3.8, 4) is 17.2 Å². The van der Waals surface area contributed by atoms with Crippen LogP contribution < -0.4 is 24.4 Å². The lowest BCUT2D eigenvalue weighted by Gasteiger charge is -2.37. The van der Waals surface area contributed by atoms with Crippen LogP contribution in [0.1, 0.15) is 19.8 Å². The van der Waals surface area contributed by atoms with Gasteiger partial charge in [-0.25, -0.2) is 0 Å². The maximum atomic E-state index is 6.06. The first-order valence-electron chi connectivity index (χ1n) is 10.2. The number of piperidine rings is 1. The Labute approximate surface area is 167 Å². The van der Waals surface area contributed by atoms with E-state index in [1.54, 1.807) is 7.11 Å². The molecule has 0 aromatic heterocycles. The average Bonchev–Trinajstić information content (AvgIpc) is 2.77. The molecule has 2 aromatic carbocycles. The molecule has 1 N–H and O–H groups in total. The second kappa shape index (κ2) is 8.74. The van der Waals surface area contributed by atoms with E-state index in [2.05, 4.69) is 29.3 Å². The Bertz CT molecular complexity index is 774. The number of fused-ring (bicyclic) bond motifs is 1. The molecule has 1 fully saturated rings. The largest absolute Gasteiger partial charge is 0.495 e. The van der Waals surface area contributed by atoms with Crippen LogP contribution in [0.4, 0.5) is 5.69 Å². The second-order valence-electron chi connectivity index (χ2n) is 7.69. The van der Waals surface area contributed by atoms with Gasteiger partial charge in [0.1, 0.15) is 18.5 Å². The maximum absolute atomic E-state index is 6.06. The Hall–Kier alpha value is -2.40. The van der Waals surface area contributed by atoms with Crippen LogP contribution in [0.5, 0.6) is 17.2 Å². The number of nitrogens with zero attached hydrogens (tertiary/aromatic N) is 1. The first-order chi connectivity index (χ1) is 13.7. The molecular formula is C23H30N2O3. The van der Waals surface area contributed by atoms with E-state index in [-0.39, 0.29) is 6.10 Å². The monoisotopic (exact) mass is 382 g/mol. The fourth-order valence-electron chi connectivity index (χ4n) is 4.18. The van der Waals surface area contributed by atoms with Gasteiger partial charge in [-0.1, -0.05) is 24.3 Å². The molecule has 5 heteroatoms. The topological polar surface area (TPSA) is 43.0 Å². The molecule has 0 aliphatic carbocycles. The number of anilines is 1. The van der Waals surface area contributed by atoms with Crippen molar-refractivity contribution in [1.82, 2.24) is 5.32 Å². The van der Waals surface area contributed by atoms with Gasteiger partial charge in [0, 0.05) is 25.7 Å². The summed E-state index contributed by atoms with van der Waals surface area (Å²) >= 11 is 0. The Balaban J connectivity index is 1.25. The predicted molar refractivity (Wildman–Crippen MR) is 112 cm³/mol. The van der Waals surface area contributed by atoms with E-state index in [0.29, 0.717) is 18.6 Å². The maximum Gasteiger partial charge on any atom is 0.161 e. The molecule has 0 bridgehead atoms. The normalized spacial score (nSPS) is 20.6. The molecule has 1 unspecified atom stereocenters. The Morgan fingerprint density at radius 3 is 2.57 bits per heavy atom. The van der Waals surface area contributed by atoms with Gasteiger partial charge in [0.25, 0.3) is 0 Å². The van der Waals surface area contributed by atoms with Crippen molar-refractivity contribution in [1.29, 1.82) is 0 Å². The summed E-state index contributed by atoms with van der Waals surface area (Å²) in [5.74, 6) is 3.32. The van der Waals surface area contributed by atoms with Crippen LogP contribution in [0.25, 0.3) is 0 Å². The lowest BCUT2D eigenvalue weighted by atomic mass is 9.90. The van der Waals surface area contributed by atoms with Crippen LogP contribution in [0.3, 0.4) is 0 Å². The lowest BCUT2D eigenvalue weighted by molar-refractivity contribution is 0.0861. The molecule has 150 valence electrons. The molecule has 2 aromatic rings. The van der Waals surface area contributed by atoms with Crippen LogP contribution >= 0.6 is 0 Å². The Morgan fingerprint density at radius 1 is 1.07 bits per heavy atom. The van der Waals surface area contributed by atoms with Gasteiger partial charge in [-0.2, -0.15) is 0 Å². The van der Waals surface area contributed by atoms with E-state index in [4.69, 9.17) is 14.2 Å². The minimum absolute atomic E-state index is 0.0611. The van der Waals surface area contributed by atoms with Crippen LogP contribution in [-0.2, 0) is 0 Å². The van der Waals surface area contributed by atoms with Crippen molar-refractivity contribution in [2.45, 2.75) is 31.9 Å². The highest BCUT2D eigenvalue weighted by atomic mass is 16.6. The van der Waals surface area contributed by atoms with Crippen LogP contribution in [0, 0.1) is 5.92 Å². The first-order valence-corrected chi connectivity index (χ1v) is 10.2. The number of nitrogens with one attached hydrogen (secondary N) is 1. The number of rotatable bonds is 6. The summed E-state index contributed by atoms with van der Waals surface area (Å²) in [6.45, 7) is 5.83. The Morgan fingerprint density at radius 2 is 1.79 bits per heavy atom. The standard InChI is InChI=1S/C23H30N2O3/c1-17(24-15-19-16-27-22-9-5-6-10-23(22)28-19)18-11-13-25(14-12-18)20-7-3-4-8-21(20)26-2/h3-10,17-19,24H,11-16H2,1-2H3/t17?,19-/m1/s1. The number of para-hydroxylation sites is 4. The molecule has 2 atom stereocenters. The summed E-state index contributed by atoms with van der Waals surface area (Å²) in [6, 6.07) is 16.6. The first kappa shape index (κ1) is 18.9. The smallest absolute Gasteiger partial charge is 0.161 e. The number of methoxy groups -OCH3 is 1. The highest BCUT2D eigenvalue weighted by molar-refractivity contribution is 5.58. The zero-order valence-corrected chi connectivity index (χ0v) is 16.8. The molecule has 0 amide bonds. The van der Waals surface area contributed by atoms with Crippen molar-refractivity contribution in [2.75, 3.05) is 38.3 Å². The van der Waals surface area contributed by atoms with E-state index in [1.165, 1.54) is 18.5 Å². The van der Waals surface area contributed by atoms with Gasteiger partial charge in [-0.15, -0.1) is 0 Å². The van der Waals surface area contributed by atoms with Crippen molar-refractivity contribution in [3.63, 3.8) is 0 Å². The summed E-state index contributed by atoms with van der Waals surface area (Å²) in [4.78, 5) is 2.44. The van der Waals surface area contributed by atoms with E-state index < -0.39 is 0 Å². The molecule has 4 rings (SSSR count). The zero-order valence-electron chi connectivity index (χ0n) is 16.8. The molecule has 0 saturated carbocycles. The summed E-state index contributed by atoms with van der Waals surface area (Å²) < 4.78 is 17.4. The van der Waals surface area contributed by atoms with E-state index in [0.717, 1.165) is 36.9 Å². The fourth-order valence-corrected chi connectivity index (χ4v) is 4.18. The minimum Gasteiger partial charge on any atom is -0.495 e. The highest BCUT2D eigenvalue weighted by Gasteiger charge is 2.27. The van der Waals surface area contributed by atoms with E-state index in [1.807, 2.05) is 36.4 Å². The number of benzene rings is 2. The van der Waals surface area contributed by atoms with Crippen molar-refractivity contribution in [2.24, 2.45) is 5.92 Å². The van der Waals surface area contributed by atoms with Crippen molar-refractivity contribution >= 4 is 5.69 Å². The summed E-state index contributed by atoms with van der Waals surface area (Å²) in [6.07, 6.45) is 2.42. The quantitative estimate of drug-likeness (QED) is 0.825. The fraction of sp³-hybridized carbons (Fsp3) is 0.478. The van der Waals surface area contributed by atoms with E-state index >= 15 is 0 Å². The molecule has 2 heterocycles. The third kappa shape index (κ3) is 4.20. The third-order valence-corrected chi connectivity index (χ3v) is 5.91.